The second-order valence-corrected chi connectivity index (χ2v) is 12.2. The number of nitrogens with two attached hydrogens (primary N) is 1. The number of nitrogens with one attached hydrogen (secondary N) is 1. The van der Waals surface area contributed by atoms with Gasteiger partial charge in [0.2, 0.25) is 5.43 Å². The molecule has 0 bridgehead atoms. The van der Waals surface area contributed by atoms with Crippen molar-refractivity contribution in [3.8, 4) is 0 Å². The summed E-state index contributed by atoms with van der Waals surface area (Å²) < 4.78 is 28.2. The molecule has 0 saturated carbocycles. The van der Waals surface area contributed by atoms with E-state index in [1.807, 2.05) is 32.0 Å². The molecule has 258 valence electrons. The standard InChI is InChI=1S/C35H33FN4O4.C2H6O.C2H6/c1-3-4-5-8-12-38-30-27(36)14-25-31-34(30)44-29-16-23-19(2)21-9-6-7-10-22(21)32(41)24(23)15-28(29)40(31)18-26(33(25)42)35(43)39-13-11-20(37)17-39;1-3-2;1-2/h6-7,9-10,14-16,18,20,38H,2-5,8,11-13,17,37H2,1H3;1-2H3;1-2H3. The average Bonchev–Trinajstić information content (AvgIpc) is 3.55. The van der Waals surface area contributed by atoms with Crippen LogP contribution in [0.1, 0.15) is 63.2 Å². The molecular formula is C39H45FN4O5. The van der Waals surface area contributed by atoms with Gasteiger partial charge in [0.25, 0.3) is 5.91 Å². The Hall–Kier alpha value is -4.80. The Morgan fingerprint density at radius 3 is 2.41 bits per heavy atom. The zero-order chi connectivity index (χ0) is 35.4. The van der Waals surface area contributed by atoms with Gasteiger partial charge in [-0.3, -0.25) is 14.4 Å². The van der Waals surface area contributed by atoms with E-state index in [0.29, 0.717) is 64.0 Å². The molecule has 1 aliphatic heterocycles. The molecule has 4 aromatic carbocycles. The highest BCUT2D eigenvalue weighted by atomic mass is 19.1. The summed E-state index contributed by atoms with van der Waals surface area (Å²) >= 11 is 0. The molecule has 1 aliphatic rings. The summed E-state index contributed by atoms with van der Waals surface area (Å²) in [6, 6.07) is 11.8. The summed E-state index contributed by atoms with van der Waals surface area (Å²) in [5.41, 5.74) is 6.68. The molecule has 6 aromatic rings. The van der Waals surface area contributed by atoms with E-state index >= 15 is 4.39 Å². The van der Waals surface area contributed by atoms with Crippen LogP contribution in [0.5, 0.6) is 0 Å². The number of aromatic nitrogens is 1. The highest BCUT2D eigenvalue weighted by Gasteiger charge is 2.29. The largest absolute Gasteiger partial charge is 0.451 e. The molecule has 1 fully saturated rings. The van der Waals surface area contributed by atoms with Gasteiger partial charge in [-0.25, -0.2) is 4.39 Å². The van der Waals surface area contributed by atoms with Crippen molar-refractivity contribution in [2.24, 2.45) is 5.73 Å². The lowest BCUT2D eigenvalue weighted by atomic mass is 9.99. The molecule has 1 saturated heterocycles. The first-order valence-electron chi connectivity index (χ1n) is 17.0. The predicted molar refractivity (Wildman–Crippen MR) is 198 cm³/mol. The van der Waals surface area contributed by atoms with E-state index in [9.17, 15) is 14.4 Å². The molecule has 1 unspecified atom stereocenters. The van der Waals surface area contributed by atoms with Crippen molar-refractivity contribution in [1.82, 2.24) is 9.30 Å². The number of fused-ring (bicyclic) bond motifs is 4. The Morgan fingerprint density at radius 1 is 1.02 bits per heavy atom. The summed E-state index contributed by atoms with van der Waals surface area (Å²) in [5, 5.41) is 6.22. The molecule has 2 aromatic heterocycles. The molecule has 10 heteroatoms. The first-order valence-corrected chi connectivity index (χ1v) is 17.0. The number of amides is 1. The number of benzene rings is 4. The third-order valence-corrected chi connectivity index (χ3v) is 8.91. The third kappa shape index (κ3) is 6.50. The van der Waals surface area contributed by atoms with Gasteiger partial charge in [0.05, 0.1) is 10.9 Å². The molecule has 1 amide bonds. The van der Waals surface area contributed by atoms with Crippen LogP contribution in [0.15, 0.2) is 62.7 Å². The molecule has 49 heavy (non-hydrogen) atoms. The predicted octanol–water partition coefficient (Wildman–Crippen LogP) is 6.59. The Labute approximate surface area is 284 Å². The minimum atomic E-state index is -0.644. The van der Waals surface area contributed by atoms with Crippen LogP contribution in [-0.4, -0.2) is 55.1 Å². The van der Waals surface area contributed by atoms with E-state index in [1.165, 1.54) is 12.3 Å². The van der Waals surface area contributed by atoms with Gasteiger partial charge in [0, 0.05) is 56.9 Å². The van der Waals surface area contributed by atoms with Crippen molar-refractivity contribution in [2.75, 3.05) is 39.2 Å². The van der Waals surface area contributed by atoms with E-state index in [-0.39, 0.29) is 33.7 Å². The number of unbranched alkanes of at least 4 members (excludes halogenated alkanes) is 3. The van der Waals surface area contributed by atoms with Crippen molar-refractivity contribution in [3.05, 3.63) is 85.7 Å². The SMILES string of the molecule is C=c1c2ccccc2c(=O)c2cc3c(cc12)oc1c(NCCCCCC)c(F)cc2c(=O)c(C(=O)N4CCC(N)C4)cn3c12.CC.COC. The highest BCUT2D eigenvalue weighted by molar-refractivity contribution is 6.08. The normalized spacial score (nSPS) is 14.3. The number of likely N-dealkylation sites (tertiary alicyclic amines) is 1. The Morgan fingerprint density at radius 2 is 1.73 bits per heavy atom. The smallest absolute Gasteiger partial charge is 0.259 e. The Kier molecular flexibility index (Phi) is 11.0. The number of nitrogens with zero attached hydrogens (tertiary/aromatic N) is 2. The third-order valence-electron chi connectivity index (χ3n) is 8.91. The van der Waals surface area contributed by atoms with Crippen LogP contribution in [0.4, 0.5) is 10.1 Å². The molecular weight excluding hydrogens is 623 g/mol. The first kappa shape index (κ1) is 35.5. The monoisotopic (exact) mass is 668 g/mol. The number of anilines is 1. The van der Waals surface area contributed by atoms with Crippen LogP contribution in [0.25, 0.3) is 55.7 Å². The van der Waals surface area contributed by atoms with Gasteiger partial charge in [0.1, 0.15) is 16.8 Å². The molecule has 1 atom stereocenters. The van der Waals surface area contributed by atoms with Gasteiger partial charge in [-0.05, 0) is 47.0 Å². The quantitative estimate of drug-likeness (QED) is 0.112. The molecule has 3 N–H and O–H groups in total. The van der Waals surface area contributed by atoms with E-state index in [0.717, 1.165) is 31.1 Å². The molecule has 0 spiro atoms. The molecule has 9 nitrogen and oxygen atoms in total. The van der Waals surface area contributed by atoms with Gasteiger partial charge in [-0.15, -0.1) is 0 Å². The lowest BCUT2D eigenvalue weighted by molar-refractivity contribution is 0.0789. The van der Waals surface area contributed by atoms with Crippen LogP contribution in [0.3, 0.4) is 0 Å². The number of rotatable bonds is 7. The van der Waals surface area contributed by atoms with E-state index in [1.54, 1.807) is 41.7 Å². The summed E-state index contributed by atoms with van der Waals surface area (Å²) in [6.45, 7) is 11.7. The van der Waals surface area contributed by atoms with E-state index < -0.39 is 17.2 Å². The van der Waals surface area contributed by atoms with Gasteiger partial charge < -0.3 is 29.5 Å². The number of pyridine rings is 1. The fraction of sp³-hybridized carbons (Fsp3) is 0.359. The lowest BCUT2D eigenvalue weighted by Gasteiger charge is -2.19. The second kappa shape index (κ2) is 15.2. The molecule has 0 aliphatic carbocycles. The molecule has 0 radical (unpaired) electrons. The molecule has 7 rings (SSSR count). The van der Waals surface area contributed by atoms with Crippen LogP contribution >= 0.6 is 0 Å². The summed E-state index contributed by atoms with van der Waals surface area (Å²) in [4.78, 5) is 42.7. The number of hydrogen-bond acceptors (Lipinski definition) is 7. The Bertz CT molecular complexity index is 2330. The van der Waals surface area contributed by atoms with E-state index in [4.69, 9.17) is 10.2 Å². The molecule has 3 heterocycles. The summed E-state index contributed by atoms with van der Waals surface area (Å²) in [6.07, 6.45) is 6.12. The van der Waals surface area contributed by atoms with Crippen molar-refractivity contribution in [1.29, 1.82) is 0 Å². The fourth-order valence-corrected chi connectivity index (χ4v) is 6.56. The van der Waals surface area contributed by atoms with E-state index in [2.05, 4.69) is 23.6 Å². The number of halogens is 1. The van der Waals surface area contributed by atoms with Crippen LogP contribution in [0.2, 0.25) is 0 Å². The minimum Gasteiger partial charge on any atom is -0.451 e. The topological polar surface area (TPSA) is 119 Å². The number of hydrogen-bond donors (Lipinski definition) is 2. The van der Waals surface area contributed by atoms with Crippen molar-refractivity contribution >= 4 is 67.3 Å². The number of methoxy groups -OCH3 is 1. The lowest BCUT2D eigenvalue weighted by Crippen LogP contribution is -2.35. The van der Waals surface area contributed by atoms with Crippen LogP contribution < -0.4 is 27.1 Å². The van der Waals surface area contributed by atoms with Crippen molar-refractivity contribution < 1.29 is 18.3 Å². The maximum absolute atomic E-state index is 15.8. The maximum Gasteiger partial charge on any atom is 0.259 e. The van der Waals surface area contributed by atoms with Gasteiger partial charge in [-0.2, -0.15) is 0 Å². The average molecular weight is 669 g/mol. The summed E-state index contributed by atoms with van der Waals surface area (Å²) in [7, 11) is 3.25. The number of carbonyl (C=O) groups excluding carboxylic acids is 1. The van der Waals surface area contributed by atoms with Crippen LogP contribution in [-0.2, 0) is 4.74 Å². The van der Waals surface area contributed by atoms with Gasteiger partial charge in [0.15, 0.2) is 22.4 Å². The number of ether oxygens (including phenoxy) is 1. The highest BCUT2D eigenvalue weighted by Crippen LogP contribution is 2.35. The number of carbonyl (C=O) groups is 1. The Balaban J connectivity index is 0.000000889. The zero-order valence-corrected chi connectivity index (χ0v) is 29.0. The van der Waals surface area contributed by atoms with Crippen molar-refractivity contribution in [2.45, 2.75) is 58.9 Å². The summed E-state index contributed by atoms with van der Waals surface area (Å²) in [5.74, 6) is -1.10. The zero-order valence-electron chi connectivity index (χ0n) is 29.0. The van der Waals surface area contributed by atoms with Gasteiger partial charge >= 0.3 is 0 Å². The second-order valence-electron chi connectivity index (χ2n) is 12.2. The van der Waals surface area contributed by atoms with Crippen LogP contribution in [0, 0.1) is 5.82 Å². The van der Waals surface area contributed by atoms with Crippen molar-refractivity contribution in [3.63, 3.8) is 0 Å². The fourth-order valence-electron chi connectivity index (χ4n) is 6.56. The first-order chi connectivity index (χ1) is 23.7. The maximum atomic E-state index is 15.8. The van der Waals surface area contributed by atoms with Gasteiger partial charge in [-0.1, -0.05) is 70.9 Å². The minimum absolute atomic E-state index is 0.0211.